The lowest BCUT2D eigenvalue weighted by molar-refractivity contribution is -0.133. The number of halogens is 2. The molecule has 0 unspecified atom stereocenters. The third-order valence-corrected chi connectivity index (χ3v) is 3.74. The average Bonchev–Trinajstić information content (AvgIpc) is 2.33. The molecule has 0 bridgehead atoms. The highest BCUT2D eigenvalue weighted by Gasteiger charge is 2.26. The first-order chi connectivity index (χ1) is 8.80. The molecule has 0 atom stereocenters. The minimum Gasteiger partial charge on any atom is -0.375 e. The van der Waals surface area contributed by atoms with Gasteiger partial charge in [-0.15, -0.1) is 0 Å². The number of alkyl halides is 2. The van der Waals surface area contributed by atoms with Crippen LogP contribution in [0, 0.1) is 0 Å². The summed E-state index contributed by atoms with van der Waals surface area (Å²) in [6.07, 6.45) is -2.55. The molecule has 1 amide bonds. The molecule has 0 aromatic carbocycles. The number of carbonyl (C=O) groups is 1. The van der Waals surface area contributed by atoms with Crippen LogP contribution in [0.4, 0.5) is 8.78 Å². The molecule has 2 N–H and O–H groups in total. The van der Waals surface area contributed by atoms with Crippen molar-refractivity contribution in [1.29, 1.82) is 0 Å². The van der Waals surface area contributed by atoms with Crippen molar-refractivity contribution in [3.05, 3.63) is 0 Å². The van der Waals surface area contributed by atoms with E-state index in [-0.39, 0.29) is 45.1 Å². The quantitative estimate of drug-likeness (QED) is 0.637. The van der Waals surface area contributed by atoms with Crippen LogP contribution in [0.5, 0.6) is 0 Å². The molecule has 0 spiro atoms. The molecule has 0 aliphatic carbocycles. The number of amides is 1. The van der Waals surface area contributed by atoms with E-state index in [1.165, 1.54) is 4.90 Å². The lowest BCUT2D eigenvalue weighted by Gasteiger charge is -2.32. The smallest absolute Gasteiger partial charge is 0.277 e. The van der Waals surface area contributed by atoms with E-state index in [4.69, 9.17) is 5.14 Å². The fourth-order valence-electron chi connectivity index (χ4n) is 1.68. The van der Waals surface area contributed by atoms with Gasteiger partial charge in [0, 0.05) is 26.2 Å². The lowest BCUT2D eigenvalue weighted by atomic mass is 10.3. The average molecular weight is 301 g/mol. The number of nitrogens with two attached hydrogens (primary N) is 1. The molecule has 0 radical (unpaired) electrons. The molecule has 1 rings (SSSR count). The zero-order chi connectivity index (χ0) is 14.5. The summed E-state index contributed by atoms with van der Waals surface area (Å²) in [5.74, 6) is -0.247. The number of rotatable bonds is 6. The van der Waals surface area contributed by atoms with Gasteiger partial charge in [0.1, 0.15) is 6.61 Å². The fraction of sp³-hybridized carbons (Fsp3) is 0.889. The highest BCUT2D eigenvalue weighted by Crippen LogP contribution is 2.06. The number of hydrogen-bond donors (Lipinski definition) is 1. The van der Waals surface area contributed by atoms with Crippen molar-refractivity contribution in [3.63, 3.8) is 0 Å². The Balaban J connectivity index is 2.25. The van der Waals surface area contributed by atoms with Crippen LogP contribution in [-0.2, 0) is 19.7 Å². The van der Waals surface area contributed by atoms with Gasteiger partial charge in [-0.05, 0) is 0 Å². The van der Waals surface area contributed by atoms with Crippen LogP contribution in [0.15, 0.2) is 0 Å². The van der Waals surface area contributed by atoms with Crippen molar-refractivity contribution in [1.82, 2.24) is 9.21 Å². The van der Waals surface area contributed by atoms with Crippen LogP contribution in [0.1, 0.15) is 6.42 Å². The van der Waals surface area contributed by atoms with Crippen LogP contribution >= 0.6 is 0 Å². The molecular formula is C9H17F2N3O4S. The maximum Gasteiger partial charge on any atom is 0.277 e. The number of nitrogens with zero attached hydrogens (tertiary/aromatic N) is 2. The van der Waals surface area contributed by atoms with Gasteiger partial charge in [0.05, 0.1) is 13.0 Å². The zero-order valence-corrected chi connectivity index (χ0v) is 11.1. The Bertz CT molecular complexity index is 396. The van der Waals surface area contributed by atoms with Gasteiger partial charge in [-0.3, -0.25) is 4.79 Å². The molecule has 10 heteroatoms. The summed E-state index contributed by atoms with van der Waals surface area (Å²) in [5, 5.41) is 4.96. The van der Waals surface area contributed by atoms with Crippen molar-refractivity contribution >= 4 is 16.1 Å². The Hall–Kier alpha value is -0.840. The molecule has 0 aromatic heterocycles. The summed E-state index contributed by atoms with van der Waals surface area (Å²) in [6, 6.07) is 0. The lowest BCUT2D eigenvalue weighted by Crippen LogP contribution is -2.52. The van der Waals surface area contributed by atoms with Crippen molar-refractivity contribution in [2.24, 2.45) is 5.14 Å². The van der Waals surface area contributed by atoms with Gasteiger partial charge in [0.2, 0.25) is 5.91 Å². The van der Waals surface area contributed by atoms with Crippen molar-refractivity contribution < 1.29 is 26.7 Å². The molecule has 1 saturated heterocycles. The Morgan fingerprint density at radius 2 is 1.84 bits per heavy atom. The van der Waals surface area contributed by atoms with Crippen molar-refractivity contribution in [2.75, 3.05) is 39.4 Å². The van der Waals surface area contributed by atoms with Gasteiger partial charge in [0.25, 0.3) is 16.6 Å². The molecule has 1 aliphatic rings. The van der Waals surface area contributed by atoms with Crippen LogP contribution in [0.25, 0.3) is 0 Å². The van der Waals surface area contributed by atoms with Crippen molar-refractivity contribution in [3.8, 4) is 0 Å². The number of carbonyl (C=O) groups excluding carboxylic acids is 1. The molecule has 0 saturated carbocycles. The second kappa shape index (κ2) is 7.08. The van der Waals surface area contributed by atoms with Gasteiger partial charge in [-0.25, -0.2) is 13.9 Å². The summed E-state index contributed by atoms with van der Waals surface area (Å²) < 4.78 is 51.3. The largest absolute Gasteiger partial charge is 0.375 e. The summed E-state index contributed by atoms with van der Waals surface area (Å²) in [4.78, 5) is 13.1. The van der Waals surface area contributed by atoms with E-state index in [9.17, 15) is 22.0 Å². The predicted molar refractivity (Wildman–Crippen MR) is 62.7 cm³/mol. The highest BCUT2D eigenvalue weighted by molar-refractivity contribution is 7.86. The second-order valence-electron chi connectivity index (χ2n) is 4.04. The predicted octanol–water partition coefficient (Wildman–Crippen LogP) is -0.994. The standard InChI is InChI=1S/C9H17F2N3O4S/c10-8(11)7-18-6-1-9(15)13-2-4-14(5-3-13)19(12,16)17/h8H,1-7H2,(H2,12,16,17). The Kier molecular flexibility index (Phi) is 6.04. The molecular weight excluding hydrogens is 284 g/mol. The first kappa shape index (κ1) is 16.2. The van der Waals surface area contributed by atoms with Gasteiger partial charge < -0.3 is 9.64 Å². The van der Waals surface area contributed by atoms with Gasteiger partial charge in [-0.2, -0.15) is 12.7 Å². The maximum atomic E-state index is 11.8. The number of piperazine rings is 1. The van der Waals surface area contributed by atoms with E-state index < -0.39 is 23.2 Å². The normalized spacial score (nSPS) is 18.0. The monoisotopic (exact) mass is 301 g/mol. The summed E-state index contributed by atoms with van der Waals surface area (Å²) in [7, 11) is -3.72. The summed E-state index contributed by atoms with van der Waals surface area (Å²) in [6.45, 7) is 0.00417. The first-order valence-electron chi connectivity index (χ1n) is 5.72. The molecule has 1 heterocycles. The summed E-state index contributed by atoms with van der Waals surface area (Å²) in [5.41, 5.74) is 0. The van der Waals surface area contributed by atoms with Crippen LogP contribution in [-0.4, -0.2) is 69.3 Å². The Labute approximate surface area is 110 Å². The molecule has 0 aromatic rings. The molecule has 1 aliphatic heterocycles. The van der Waals surface area contributed by atoms with Crippen molar-refractivity contribution in [2.45, 2.75) is 12.8 Å². The minimum absolute atomic E-state index is 0.00208. The van der Waals surface area contributed by atoms with E-state index in [1.54, 1.807) is 0 Å². The first-order valence-corrected chi connectivity index (χ1v) is 7.22. The second-order valence-corrected chi connectivity index (χ2v) is 5.59. The van der Waals surface area contributed by atoms with Crippen LogP contribution in [0.2, 0.25) is 0 Å². The number of ether oxygens (including phenoxy) is 1. The molecule has 112 valence electrons. The van der Waals surface area contributed by atoms with E-state index in [0.29, 0.717) is 0 Å². The third kappa shape index (κ3) is 5.76. The Morgan fingerprint density at radius 3 is 2.32 bits per heavy atom. The molecule has 19 heavy (non-hydrogen) atoms. The summed E-state index contributed by atoms with van der Waals surface area (Å²) >= 11 is 0. The maximum absolute atomic E-state index is 11.8. The molecule has 7 nitrogen and oxygen atoms in total. The van der Waals surface area contributed by atoms with Gasteiger partial charge >= 0.3 is 0 Å². The van der Waals surface area contributed by atoms with Crippen LogP contribution < -0.4 is 5.14 Å². The van der Waals surface area contributed by atoms with E-state index in [0.717, 1.165) is 4.31 Å². The van der Waals surface area contributed by atoms with Crippen LogP contribution in [0.3, 0.4) is 0 Å². The van der Waals surface area contributed by atoms with E-state index >= 15 is 0 Å². The van der Waals surface area contributed by atoms with E-state index in [1.807, 2.05) is 0 Å². The minimum atomic E-state index is -3.72. The fourth-order valence-corrected chi connectivity index (χ4v) is 2.35. The van der Waals surface area contributed by atoms with Gasteiger partial charge in [0.15, 0.2) is 0 Å². The van der Waals surface area contributed by atoms with Gasteiger partial charge in [-0.1, -0.05) is 0 Å². The number of hydrogen-bond acceptors (Lipinski definition) is 4. The Morgan fingerprint density at radius 1 is 1.26 bits per heavy atom. The zero-order valence-electron chi connectivity index (χ0n) is 10.3. The molecule has 1 fully saturated rings. The highest BCUT2D eigenvalue weighted by atomic mass is 32.2. The van der Waals surface area contributed by atoms with E-state index in [2.05, 4.69) is 4.74 Å². The third-order valence-electron chi connectivity index (χ3n) is 2.66. The SMILES string of the molecule is NS(=O)(=O)N1CCN(C(=O)CCOCC(F)F)CC1. The topological polar surface area (TPSA) is 92.9 Å².